The summed E-state index contributed by atoms with van der Waals surface area (Å²) in [5, 5.41) is 11.3. The molecule has 0 aliphatic rings. The molecule has 0 spiro atoms. The van der Waals surface area contributed by atoms with Crippen LogP contribution in [0.4, 0.5) is 0 Å². The number of aromatic amines is 1. The lowest BCUT2D eigenvalue weighted by molar-refractivity contribution is 0.416. The molecule has 5 heteroatoms. The molecule has 2 aromatic heterocycles. The largest absolute Gasteiger partial charge is 0.507 e. The van der Waals surface area contributed by atoms with Gasteiger partial charge in [-0.2, -0.15) is 0 Å². The number of phenolic OH excluding ortho intramolecular Hbond substituents is 1. The lowest BCUT2D eigenvalue weighted by Crippen LogP contribution is -2.08. The summed E-state index contributed by atoms with van der Waals surface area (Å²) in [6.07, 6.45) is 3.79. The number of H-pyrrole nitrogens is 1. The molecule has 0 saturated carbocycles. The van der Waals surface area contributed by atoms with Crippen molar-refractivity contribution in [2.75, 3.05) is 21.2 Å². The topological polar surface area (TPSA) is 61.4 Å². The fraction of sp³-hybridized carbons (Fsp3) is 0.125. The van der Waals surface area contributed by atoms with E-state index in [9.17, 15) is 5.11 Å². The summed E-state index contributed by atoms with van der Waals surface area (Å²) < 4.78 is 5.53. The molecule has 2 heterocycles. The zero-order chi connectivity index (χ0) is 20.5. The minimum Gasteiger partial charge on any atom is -0.507 e. The normalized spacial score (nSPS) is 10.9. The van der Waals surface area contributed by atoms with Gasteiger partial charge < -0.3 is 19.7 Å². The van der Waals surface area contributed by atoms with Crippen LogP contribution in [0.5, 0.6) is 11.5 Å². The Labute approximate surface area is 169 Å². The highest BCUT2D eigenvalue weighted by molar-refractivity contribution is 5.97. The first kappa shape index (κ1) is 18.6. The Balaban J connectivity index is 1.85. The van der Waals surface area contributed by atoms with Crippen molar-refractivity contribution in [2.24, 2.45) is 0 Å². The fourth-order valence-corrected chi connectivity index (χ4v) is 3.44. The lowest BCUT2D eigenvalue weighted by atomic mass is 9.99. The minimum atomic E-state index is 0.206. The third kappa shape index (κ3) is 3.31. The first-order chi connectivity index (χ1) is 14.0. The fourth-order valence-electron chi connectivity index (χ4n) is 3.44. The van der Waals surface area contributed by atoms with Crippen molar-refractivity contribution in [3.63, 3.8) is 0 Å². The molecule has 0 saturated heterocycles. The molecule has 5 nitrogen and oxygen atoms in total. The molecule has 146 valence electrons. The van der Waals surface area contributed by atoms with E-state index in [1.807, 2.05) is 67.8 Å². The highest BCUT2D eigenvalue weighted by atomic mass is 16.5. The van der Waals surface area contributed by atoms with E-state index in [0.29, 0.717) is 5.56 Å². The van der Waals surface area contributed by atoms with E-state index < -0.39 is 0 Å². The molecule has 0 fully saturated rings. The van der Waals surface area contributed by atoms with Gasteiger partial charge in [0.1, 0.15) is 17.1 Å². The Morgan fingerprint density at radius 2 is 1.86 bits per heavy atom. The molecule has 4 aromatic rings. The Morgan fingerprint density at radius 1 is 1.07 bits per heavy atom. The number of fused-ring (bicyclic) bond motifs is 1. The van der Waals surface area contributed by atoms with Gasteiger partial charge in [0, 0.05) is 59.8 Å². The second-order valence-corrected chi connectivity index (χ2v) is 7.10. The Hall–Kier alpha value is -3.73. The quantitative estimate of drug-likeness (QED) is 0.499. The number of nitrogens with one attached hydrogen (secondary N) is 1. The van der Waals surface area contributed by atoms with Gasteiger partial charge in [-0.15, -0.1) is 0 Å². The number of benzene rings is 2. The number of para-hydroxylation sites is 1. The highest BCUT2D eigenvalue weighted by Gasteiger charge is 2.14. The standard InChI is InChI=1S/C24H23N3O2/c1-15(27(2)3)19-11-16(9-10-22(19)28)17-12-20-21(14-26-24(20)25-13-17)18-7-5-6-8-23(18)29-4/h5-14,28H,1H2,2-4H3,(H,25,26). The van der Waals surface area contributed by atoms with Crippen LogP contribution in [0.2, 0.25) is 0 Å². The number of methoxy groups -OCH3 is 1. The van der Waals surface area contributed by atoms with Crippen molar-refractivity contribution in [2.45, 2.75) is 0 Å². The molecule has 2 aromatic carbocycles. The van der Waals surface area contributed by atoms with Gasteiger partial charge in [0.05, 0.1) is 7.11 Å². The summed E-state index contributed by atoms with van der Waals surface area (Å²) in [4.78, 5) is 9.72. The van der Waals surface area contributed by atoms with Gasteiger partial charge in [-0.25, -0.2) is 4.98 Å². The third-order valence-corrected chi connectivity index (χ3v) is 5.11. The van der Waals surface area contributed by atoms with E-state index in [0.717, 1.165) is 44.7 Å². The van der Waals surface area contributed by atoms with Gasteiger partial charge in [0.25, 0.3) is 0 Å². The zero-order valence-corrected chi connectivity index (χ0v) is 16.7. The highest BCUT2D eigenvalue weighted by Crippen LogP contribution is 2.37. The van der Waals surface area contributed by atoms with Gasteiger partial charge in [-0.05, 0) is 29.8 Å². The van der Waals surface area contributed by atoms with Gasteiger partial charge >= 0.3 is 0 Å². The maximum Gasteiger partial charge on any atom is 0.137 e. The Bertz CT molecular complexity index is 1210. The summed E-state index contributed by atoms with van der Waals surface area (Å²) in [5.41, 5.74) is 6.22. The maximum atomic E-state index is 10.3. The molecule has 0 amide bonds. The van der Waals surface area contributed by atoms with E-state index in [1.54, 1.807) is 13.2 Å². The van der Waals surface area contributed by atoms with E-state index >= 15 is 0 Å². The number of rotatable bonds is 5. The molecule has 0 aliphatic heterocycles. The van der Waals surface area contributed by atoms with Crippen molar-refractivity contribution in [1.29, 1.82) is 0 Å². The lowest BCUT2D eigenvalue weighted by Gasteiger charge is -2.17. The number of aromatic nitrogens is 2. The van der Waals surface area contributed by atoms with Crippen molar-refractivity contribution < 1.29 is 9.84 Å². The molecule has 0 atom stereocenters. The van der Waals surface area contributed by atoms with Crippen molar-refractivity contribution in [3.8, 4) is 33.8 Å². The van der Waals surface area contributed by atoms with Crippen LogP contribution in [0.3, 0.4) is 0 Å². The molecular formula is C24H23N3O2. The van der Waals surface area contributed by atoms with E-state index in [1.165, 1.54) is 0 Å². The molecule has 4 rings (SSSR count). The zero-order valence-electron chi connectivity index (χ0n) is 16.7. The summed E-state index contributed by atoms with van der Waals surface area (Å²) in [5.74, 6) is 1.02. The summed E-state index contributed by atoms with van der Waals surface area (Å²) in [6.45, 7) is 4.07. The molecule has 0 radical (unpaired) electrons. The molecular weight excluding hydrogens is 362 g/mol. The number of phenols is 1. The predicted octanol–water partition coefficient (Wildman–Crippen LogP) is 5.14. The number of nitrogens with zero attached hydrogens (tertiary/aromatic N) is 2. The average Bonchev–Trinajstić information content (AvgIpc) is 3.16. The van der Waals surface area contributed by atoms with Crippen LogP contribution >= 0.6 is 0 Å². The predicted molar refractivity (Wildman–Crippen MR) is 118 cm³/mol. The second-order valence-electron chi connectivity index (χ2n) is 7.10. The SMILES string of the molecule is C=C(c1cc(-c2cnc3[nH]cc(-c4ccccc4OC)c3c2)ccc1O)N(C)C. The number of ether oxygens (including phenoxy) is 1. The van der Waals surface area contributed by atoms with Crippen molar-refractivity contribution in [3.05, 3.63) is 73.1 Å². The van der Waals surface area contributed by atoms with Crippen molar-refractivity contribution >= 4 is 16.7 Å². The Kier molecular flexibility index (Phi) is 4.72. The van der Waals surface area contributed by atoms with Crippen LogP contribution in [0.25, 0.3) is 39.0 Å². The molecule has 0 bridgehead atoms. The van der Waals surface area contributed by atoms with Gasteiger partial charge in [0.2, 0.25) is 0 Å². The van der Waals surface area contributed by atoms with E-state index in [4.69, 9.17) is 4.74 Å². The van der Waals surface area contributed by atoms with Crippen LogP contribution in [-0.2, 0) is 0 Å². The van der Waals surface area contributed by atoms with Crippen LogP contribution in [0, 0.1) is 0 Å². The summed E-state index contributed by atoms with van der Waals surface area (Å²) in [7, 11) is 5.48. The average molecular weight is 385 g/mol. The van der Waals surface area contributed by atoms with Gasteiger partial charge in [0.15, 0.2) is 0 Å². The number of hydrogen-bond donors (Lipinski definition) is 2. The van der Waals surface area contributed by atoms with Crippen molar-refractivity contribution in [1.82, 2.24) is 14.9 Å². The molecule has 29 heavy (non-hydrogen) atoms. The van der Waals surface area contributed by atoms with Crippen LogP contribution in [-0.4, -0.2) is 41.2 Å². The monoisotopic (exact) mass is 385 g/mol. The molecule has 0 aliphatic carbocycles. The first-order valence-corrected chi connectivity index (χ1v) is 9.30. The number of hydrogen-bond acceptors (Lipinski definition) is 4. The van der Waals surface area contributed by atoms with Gasteiger partial charge in [-0.3, -0.25) is 0 Å². The second kappa shape index (κ2) is 7.36. The first-order valence-electron chi connectivity index (χ1n) is 9.30. The Morgan fingerprint density at radius 3 is 2.62 bits per heavy atom. The van der Waals surface area contributed by atoms with Gasteiger partial charge in [-0.1, -0.05) is 30.8 Å². The number of aromatic hydroxyl groups is 1. The summed E-state index contributed by atoms with van der Waals surface area (Å²) >= 11 is 0. The van der Waals surface area contributed by atoms with Crippen LogP contribution in [0.15, 0.2) is 67.5 Å². The number of pyridine rings is 1. The van der Waals surface area contributed by atoms with E-state index in [2.05, 4.69) is 22.6 Å². The van der Waals surface area contributed by atoms with Crippen LogP contribution in [0.1, 0.15) is 5.56 Å². The molecule has 0 unspecified atom stereocenters. The van der Waals surface area contributed by atoms with E-state index in [-0.39, 0.29) is 5.75 Å². The molecule has 2 N–H and O–H groups in total. The summed E-state index contributed by atoms with van der Waals surface area (Å²) in [6, 6.07) is 15.6. The maximum absolute atomic E-state index is 10.3. The minimum absolute atomic E-state index is 0.206. The van der Waals surface area contributed by atoms with Crippen LogP contribution < -0.4 is 4.74 Å². The third-order valence-electron chi connectivity index (χ3n) is 5.11. The smallest absolute Gasteiger partial charge is 0.137 e.